The fourth-order valence-corrected chi connectivity index (χ4v) is 3.23. The Morgan fingerprint density at radius 2 is 2.00 bits per heavy atom. The van der Waals surface area contributed by atoms with Crippen molar-refractivity contribution in [2.75, 3.05) is 6.54 Å². The van der Waals surface area contributed by atoms with Crippen LogP contribution < -0.4 is 5.32 Å². The molecule has 2 aromatic rings. The number of hydrogen-bond acceptors (Lipinski definition) is 2. The van der Waals surface area contributed by atoms with Crippen molar-refractivity contribution in [3.63, 3.8) is 0 Å². The lowest BCUT2D eigenvalue weighted by atomic mass is 9.95. The van der Waals surface area contributed by atoms with Gasteiger partial charge in [0.05, 0.1) is 6.04 Å². The highest BCUT2D eigenvalue weighted by molar-refractivity contribution is 7.10. The molecule has 0 spiro atoms. The molecule has 2 heterocycles. The smallest absolute Gasteiger partial charge is 0.0587 e. The third-order valence-electron chi connectivity index (χ3n) is 3.20. The third kappa shape index (κ3) is 1.68. The molecule has 1 aromatic heterocycles. The van der Waals surface area contributed by atoms with E-state index in [2.05, 4.69) is 48.0 Å². The maximum Gasteiger partial charge on any atom is 0.0587 e. The van der Waals surface area contributed by atoms with Crippen molar-refractivity contribution in [3.8, 4) is 0 Å². The van der Waals surface area contributed by atoms with Gasteiger partial charge in [-0.25, -0.2) is 0 Å². The minimum atomic E-state index is 0.399. The zero-order valence-corrected chi connectivity index (χ0v) is 10.2. The molecule has 1 N–H and O–H groups in total. The molecule has 0 fully saturated rings. The van der Waals surface area contributed by atoms with E-state index in [1.165, 1.54) is 23.1 Å². The Morgan fingerprint density at radius 1 is 1.19 bits per heavy atom. The van der Waals surface area contributed by atoms with E-state index in [0.717, 1.165) is 6.54 Å². The molecule has 1 nitrogen and oxygen atoms in total. The number of benzene rings is 1. The second-order valence-corrected chi connectivity index (χ2v) is 5.35. The predicted octanol–water partition coefficient (Wildman–Crippen LogP) is 3.29. The van der Waals surface area contributed by atoms with E-state index < -0.39 is 0 Å². The minimum Gasteiger partial charge on any atom is -0.306 e. The summed E-state index contributed by atoms with van der Waals surface area (Å²) >= 11 is 1.89. The van der Waals surface area contributed by atoms with Gasteiger partial charge in [-0.2, -0.15) is 0 Å². The summed E-state index contributed by atoms with van der Waals surface area (Å²) in [7, 11) is 0. The summed E-state index contributed by atoms with van der Waals surface area (Å²) in [5.74, 6) is 0. The molecule has 0 radical (unpaired) electrons. The van der Waals surface area contributed by atoms with E-state index in [1.807, 2.05) is 11.3 Å². The second-order valence-electron chi connectivity index (χ2n) is 4.35. The van der Waals surface area contributed by atoms with Crippen LogP contribution in [0.1, 0.15) is 27.6 Å². The number of thiophene rings is 1. The summed E-state index contributed by atoms with van der Waals surface area (Å²) < 4.78 is 0. The van der Waals surface area contributed by atoms with Crippen molar-refractivity contribution in [3.05, 3.63) is 57.3 Å². The zero-order valence-electron chi connectivity index (χ0n) is 9.36. The number of fused-ring (bicyclic) bond motifs is 1. The molecular formula is C14H15NS. The van der Waals surface area contributed by atoms with Gasteiger partial charge in [-0.3, -0.25) is 0 Å². The molecule has 0 aliphatic carbocycles. The Bertz CT molecular complexity index is 484. The van der Waals surface area contributed by atoms with Crippen molar-refractivity contribution in [1.29, 1.82) is 0 Å². The van der Waals surface area contributed by atoms with Gasteiger partial charge in [-0.05, 0) is 35.9 Å². The molecule has 3 rings (SSSR count). The van der Waals surface area contributed by atoms with Crippen LogP contribution in [0.4, 0.5) is 0 Å². The number of nitrogens with one attached hydrogen (secondary N) is 1. The summed E-state index contributed by atoms with van der Waals surface area (Å²) in [5.41, 5.74) is 4.18. The minimum absolute atomic E-state index is 0.399. The first-order chi connectivity index (χ1) is 7.84. The molecule has 0 saturated heterocycles. The Balaban J connectivity index is 2.00. The highest BCUT2D eigenvalue weighted by Gasteiger charge is 2.21. The van der Waals surface area contributed by atoms with Gasteiger partial charge in [0.2, 0.25) is 0 Å². The van der Waals surface area contributed by atoms with Gasteiger partial charge in [0.15, 0.2) is 0 Å². The molecule has 1 aliphatic heterocycles. The predicted molar refractivity (Wildman–Crippen MR) is 69.0 cm³/mol. The molecule has 1 atom stereocenters. The number of hydrogen-bond donors (Lipinski definition) is 1. The van der Waals surface area contributed by atoms with Crippen LogP contribution in [-0.4, -0.2) is 6.54 Å². The zero-order chi connectivity index (χ0) is 11.0. The molecule has 2 heteroatoms. The largest absolute Gasteiger partial charge is 0.306 e. The molecule has 16 heavy (non-hydrogen) atoms. The fourth-order valence-electron chi connectivity index (χ4n) is 2.31. The quantitative estimate of drug-likeness (QED) is 0.791. The molecule has 1 aromatic carbocycles. The number of rotatable bonds is 1. The topological polar surface area (TPSA) is 12.0 Å². The van der Waals surface area contributed by atoms with E-state index in [4.69, 9.17) is 0 Å². The van der Waals surface area contributed by atoms with Crippen LogP contribution in [0, 0.1) is 6.92 Å². The summed E-state index contributed by atoms with van der Waals surface area (Å²) in [4.78, 5) is 1.55. The van der Waals surface area contributed by atoms with Gasteiger partial charge < -0.3 is 5.32 Å². The molecule has 0 bridgehead atoms. The van der Waals surface area contributed by atoms with Gasteiger partial charge in [0, 0.05) is 11.4 Å². The Morgan fingerprint density at radius 3 is 2.81 bits per heavy atom. The second kappa shape index (κ2) is 4.04. The highest BCUT2D eigenvalue weighted by atomic mass is 32.1. The van der Waals surface area contributed by atoms with Crippen molar-refractivity contribution in [1.82, 2.24) is 5.32 Å². The lowest BCUT2D eigenvalue weighted by Crippen LogP contribution is -2.29. The molecule has 1 aliphatic rings. The van der Waals surface area contributed by atoms with Crippen molar-refractivity contribution >= 4 is 11.3 Å². The molecule has 82 valence electrons. The lowest BCUT2D eigenvalue weighted by Gasteiger charge is -2.24. The number of aryl methyl sites for hydroxylation is 1. The van der Waals surface area contributed by atoms with Crippen molar-refractivity contribution in [2.24, 2.45) is 0 Å². The first-order valence-electron chi connectivity index (χ1n) is 5.71. The Hall–Kier alpha value is -1.12. The third-order valence-corrected chi connectivity index (χ3v) is 4.20. The first kappa shape index (κ1) is 10.1. The van der Waals surface area contributed by atoms with Crippen LogP contribution in [0.5, 0.6) is 0 Å². The maximum absolute atomic E-state index is 3.60. The van der Waals surface area contributed by atoms with E-state index in [0.29, 0.717) is 6.04 Å². The molecule has 1 unspecified atom stereocenters. The summed E-state index contributed by atoms with van der Waals surface area (Å²) in [6.45, 7) is 3.22. The van der Waals surface area contributed by atoms with Crippen LogP contribution in [0.25, 0.3) is 0 Å². The summed E-state index contributed by atoms with van der Waals surface area (Å²) in [6, 6.07) is 11.5. The van der Waals surface area contributed by atoms with E-state index in [-0.39, 0.29) is 0 Å². The SMILES string of the molecule is Cc1ccc(C2NCCc3sccc32)cc1. The monoisotopic (exact) mass is 229 g/mol. The van der Waals surface area contributed by atoms with Crippen LogP contribution in [0.15, 0.2) is 35.7 Å². The van der Waals surface area contributed by atoms with Gasteiger partial charge in [-0.15, -0.1) is 11.3 Å². The van der Waals surface area contributed by atoms with Crippen LogP contribution >= 0.6 is 11.3 Å². The average molecular weight is 229 g/mol. The Kier molecular flexibility index (Phi) is 2.54. The molecule has 0 amide bonds. The van der Waals surface area contributed by atoms with Gasteiger partial charge >= 0.3 is 0 Å². The van der Waals surface area contributed by atoms with Crippen LogP contribution in [0.2, 0.25) is 0 Å². The van der Waals surface area contributed by atoms with Crippen LogP contribution in [0.3, 0.4) is 0 Å². The fraction of sp³-hybridized carbons (Fsp3) is 0.286. The normalized spacial score (nSPS) is 19.4. The molecular weight excluding hydrogens is 214 g/mol. The van der Waals surface area contributed by atoms with Crippen molar-refractivity contribution < 1.29 is 0 Å². The van der Waals surface area contributed by atoms with E-state index in [9.17, 15) is 0 Å². The van der Waals surface area contributed by atoms with Gasteiger partial charge in [-0.1, -0.05) is 29.8 Å². The lowest BCUT2D eigenvalue weighted by molar-refractivity contribution is 0.575. The standard InChI is InChI=1S/C14H15NS/c1-10-2-4-11(5-3-10)14-12-7-9-16-13(12)6-8-15-14/h2-5,7,9,14-15H,6,8H2,1H3. The van der Waals surface area contributed by atoms with E-state index in [1.54, 1.807) is 4.88 Å². The van der Waals surface area contributed by atoms with Crippen molar-refractivity contribution in [2.45, 2.75) is 19.4 Å². The summed E-state index contributed by atoms with van der Waals surface area (Å²) in [5, 5.41) is 5.81. The maximum atomic E-state index is 3.60. The van der Waals surface area contributed by atoms with Crippen LogP contribution in [-0.2, 0) is 6.42 Å². The highest BCUT2D eigenvalue weighted by Crippen LogP contribution is 2.31. The summed E-state index contributed by atoms with van der Waals surface area (Å²) in [6.07, 6.45) is 1.18. The first-order valence-corrected chi connectivity index (χ1v) is 6.59. The average Bonchev–Trinajstić information content (AvgIpc) is 2.78. The van der Waals surface area contributed by atoms with Gasteiger partial charge in [0.1, 0.15) is 0 Å². The van der Waals surface area contributed by atoms with Gasteiger partial charge in [0.25, 0.3) is 0 Å². The Labute approximate surface area is 100 Å². The van der Waals surface area contributed by atoms with E-state index >= 15 is 0 Å². The molecule has 0 saturated carbocycles.